The highest BCUT2D eigenvalue weighted by Crippen LogP contribution is 2.37. The molecule has 0 bridgehead atoms. The van der Waals surface area contributed by atoms with Crippen LogP contribution in [0.25, 0.3) is 0 Å². The van der Waals surface area contributed by atoms with Crippen LogP contribution < -0.4 is 5.01 Å². The van der Waals surface area contributed by atoms with Crippen LogP contribution >= 0.6 is 0 Å². The van der Waals surface area contributed by atoms with E-state index in [4.69, 9.17) is 5.10 Å². The molecule has 3 aromatic rings. The van der Waals surface area contributed by atoms with E-state index in [1.54, 1.807) is 24.3 Å². The summed E-state index contributed by atoms with van der Waals surface area (Å²) in [5.41, 5.74) is 4.96. The van der Waals surface area contributed by atoms with Gasteiger partial charge in [0, 0.05) is 18.6 Å². The van der Waals surface area contributed by atoms with Crippen molar-refractivity contribution in [1.29, 1.82) is 0 Å². The van der Waals surface area contributed by atoms with Gasteiger partial charge in [0.25, 0.3) is 5.69 Å². The normalized spacial score (nSPS) is 16.0. The standard InChI is InChI=1S/C23H20FN3O2/c1-2-16-3-5-17(6-4-16)22-15-23(18-7-9-19(24)10-8-18)26(25-22)20-11-13-21(14-12-20)27(28)29/h3-14,23H,2,15H2,1H3. The quantitative estimate of drug-likeness (QED) is 0.418. The third-order valence-corrected chi connectivity index (χ3v) is 5.19. The van der Waals surface area contributed by atoms with Crippen molar-refractivity contribution >= 4 is 17.1 Å². The predicted octanol–water partition coefficient (Wildman–Crippen LogP) is 5.65. The van der Waals surface area contributed by atoms with Crippen LogP contribution in [0.3, 0.4) is 0 Å². The van der Waals surface area contributed by atoms with Crippen molar-refractivity contribution in [2.24, 2.45) is 5.10 Å². The van der Waals surface area contributed by atoms with Gasteiger partial charge < -0.3 is 0 Å². The first-order chi connectivity index (χ1) is 14.0. The Balaban J connectivity index is 1.71. The lowest BCUT2D eigenvalue weighted by Gasteiger charge is -2.23. The van der Waals surface area contributed by atoms with Crippen LogP contribution in [0.1, 0.15) is 36.1 Å². The van der Waals surface area contributed by atoms with Gasteiger partial charge in [-0.15, -0.1) is 0 Å². The average Bonchev–Trinajstić information content (AvgIpc) is 3.20. The second-order valence-electron chi connectivity index (χ2n) is 6.99. The summed E-state index contributed by atoms with van der Waals surface area (Å²) in [6, 6.07) is 21.0. The molecule has 146 valence electrons. The van der Waals surface area contributed by atoms with Crippen LogP contribution in [0.4, 0.5) is 15.8 Å². The van der Waals surface area contributed by atoms with E-state index < -0.39 is 4.92 Å². The van der Waals surface area contributed by atoms with Gasteiger partial charge in [-0.2, -0.15) is 5.10 Å². The summed E-state index contributed by atoms with van der Waals surface area (Å²) < 4.78 is 13.4. The molecular formula is C23H20FN3O2. The Bertz CT molecular complexity index is 1040. The van der Waals surface area contributed by atoms with Crippen molar-refractivity contribution in [2.45, 2.75) is 25.8 Å². The number of nitro benzene ring substituents is 1. The van der Waals surface area contributed by atoms with Crippen LogP contribution in [0.2, 0.25) is 0 Å². The van der Waals surface area contributed by atoms with Crippen LogP contribution in [0.5, 0.6) is 0 Å². The Morgan fingerprint density at radius 1 is 1.03 bits per heavy atom. The second-order valence-corrected chi connectivity index (χ2v) is 6.99. The van der Waals surface area contributed by atoms with Gasteiger partial charge in [0.1, 0.15) is 5.82 Å². The molecule has 1 atom stereocenters. The molecule has 1 aliphatic rings. The molecule has 0 saturated heterocycles. The van der Waals surface area contributed by atoms with Crippen LogP contribution in [0.15, 0.2) is 77.9 Å². The molecule has 5 nitrogen and oxygen atoms in total. The maximum absolute atomic E-state index is 13.4. The molecule has 1 aliphatic heterocycles. The molecule has 6 heteroatoms. The zero-order chi connectivity index (χ0) is 20.4. The van der Waals surface area contributed by atoms with Crippen molar-refractivity contribution in [2.75, 3.05) is 5.01 Å². The van der Waals surface area contributed by atoms with Gasteiger partial charge in [0.2, 0.25) is 0 Å². The number of benzene rings is 3. The SMILES string of the molecule is CCc1ccc(C2=NN(c3ccc([N+](=O)[O-])cc3)C(c3ccc(F)cc3)C2)cc1. The maximum atomic E-state index is 13.4. The molecule has 0 spiro atoms. The zero-order valence-electron chi connectivity index (χ0n) is 16.0. The summed E-state index contributed by atoms with van der Waals surface area (Å²) in [4.78, 5) is 10.5. The summed E-state index contributed by atoms with van der Waals surface area (Å²) in [6.45, 7) is 2.11. The van der Waals surface area contributed by atoms with Crippen molar-refractivity contribution in [3.8, 4) is 0 Å². The third-order valence-electron chi connectivity index (χ3n) is 5.19. The lowest BCUT2D eigenvalue weighted by atomic mass is 9.97. The molecule has 0 aromatic heterocycles. The van der Waals surface area contributed by atoms with E-state index in [-0.39, 0.29) is 17.5 Å². The number of rotatable bonds is 5. The van der Waals surface area contributed by atoms with Crippen molar-refractivity contribution < 1.29 is 9.31 Å². The Morgan fingerprint density at radius 2 is 1.69 bits per heavy atom. The predicted molar refractivity (Wildman–Crippen MR) is 112 cm³/mol. The summed E-state index contributed by atoms with van der Waals surface area (Å²) in [5, 5.41) is 17.7. The molecule has 1 heterocycles. The fourth-order valence-corrected chi connectivity index (χ4v) is 3.53. The minimum Gasteiger partial charge on any atom is -0.258 e. The van der Waals surface area contributed by atoms with Crippen molar-refractivity contribution in [3.05, 3.63) is 105 Å². The number of anilines is 1. The van der Waals surface area contributed by atoms with Gasteiger partial charge in [-0.3, -0.25) is 15.1 Å². The Labute approximate surface area is 168 Å². The van der Waals surface area contributed by atoms with E-state index in [9.17, 15) is 14.5 Å². The Morgan fingerprint density at radius 3 is 2.28 bits per heavy atom. The molecule has 3 aromatic carbocycles. The number of non-ortho nitro benzene ring substituents is 1. The third kappa shape index (κ3) is 3.87. The van der Waals surface area contributed by atoms with Crippen LogP contribution in [-0.2, 0) is 6.42 Å². The topological polar surface area (TPSA) is 58.7 Å². The van der Waals surface area contributed by atoms with E-state index in [0.29, 0.717) is 6.42 Å². The molecule has 1 unspecified atom stereocenters. The number of hydrogen-bond acceptors (Lipinski definition) is 4. The summed E-state index contributed by atoms with van der Waals surface area (Å²) in [7, 11) is 0. The van der Waals surface area contributed by atoms with Crippen molar-refractivity contribution in [1.82, 2.24) is 0 Å². The Hall–Kier alpha value is -3.54. The molecule has 0 amide bonds. The van der Waals surface area contributed by atoms with Crippen LogP contribution in [-0.4, -0.2) is 10.6 Å². The molecule has 0 aliphatic carbocycles. The number of aryl methyl sites for hydroxylation is 1. The van der Waals surface area contributed by atoms with Gasteiger partial charge in [-0.05, 0) is 47.4 Å². The smallest absolute Gasteiger partial charge is 0.258 e. The maximum Gasteiger partial charge on any atom is 0.269 e. The minimum atomic E-state index is -0.421. The second kappa shape index (κ2) is 7.83. The van der Waals surface area contributed by atoms with Gasteiger partial charge in [0.05, 0.1) is 22.4 Å². The first kappa shape index (κ1) is 18.8. The number of nitro groups is 1. The first-order valence-electron chi connectivity index (χ1n) is 9.51. The largest absolute Gasteiger partial charge is 0.269 e. The molecule has 4 rings (SSSR count). The monoisotopic (exact) mass is 389 g/mol. The van der Waals surface area contributed by atoms with Gasteiger partial charge in [-0.1, -0.05) is 43.3 Å². The van der Waals surface area contributed by atoms with Crippen LogP contribution in [0, 0.1) is 15.9 Å². The number of nitrogens with zero attached hydrogens (tertiary/aromatic N) is 3. The van der Waals surface area contributed by atoms with Gasteiger partial charge in [-0.25, -0.2) is 4.39 Å². The molecule has 0 saturated carbocycles. The summed E-state index contributed by atoms with van der Waals surface area (Å²) in [6.07, 6.45) is 1.63. The van der Waals surface area contributed by atoms with Gasteiger partial charge >= 0.3 is 0 Å². The molecule has 0 fully saturated rings. The number of hydrogen-bond donors (Lipinski definition) is 0. The summed E-state index contributed by atoms with van der Waals surface area (Å²) in [5.74, 6) is -0.287. The van der Waals surface area contributed by atoms with E-state index in [1.165, 1.54) is 29.8 Å². The first-order valence-corrected chi connectivity index (χ1v) is 9.51. The molecule has 29 heavy (non-hydrogen) atoms. The lowest BCUT2D eigenvalue weighted by Crippen LogP contribution is -2.18. The van der Waals surface area contributed by atoms with E-state index in [2.05, 4.69) is 31.2 Å². The fourth-order valence-electron chi connectivity index (χ4n) is 3.53. The highest BCUT2D eigenvalue weighted by molar-refractivity contribution is 6.03. The zero-order valence-corrected chi connectivity index (χ0v) is 16.0. The summed E-state index contributed by atoms with van der Waals surface area (Å²) >= 11 is 0. The van der Waals surface area contributed by atoms with E-state index in [1.807, 2.05) is 5.01 Å². The number of hydrazone groups is 1. The average molecular weight is 389 g/mol. The minimum absolute atomic E-state index is 0.0330. The van der Waals surface area contributed by atoms with Gasteiger partial charge in [0.15, 0.2) is 0 Å². The lowest BCUT2D eigenvalue weighted by molar-refractivity contribution is -0.384. The Kier molecular flexibility index (Phi) is 5.08. The molecule has 0 N–H and O–H groups in total. The molecule has 0 radical (unpaired) electrons. The highest BCUT2D eigenvalue weighted by atomic mass is 19.1. The van der Waals surface area contributed by atoms with E-state index >= 15 is 0 Å². The highest BCUT2D eigenvalue weighted by Gasteiger charge is 2.30. The number of halogens is 1. The van der Waals surface area contributed by atoms with E-state index in [0.717, 1.165) is 28.9 Å². The van der Waals surface area contributed by atoms with Crippen molar-refractivity contribution in [3.63, 3.8) is 0 Å². The fraction of sp³-hybridized carbons (Fsp3) is 0.174. The molecular weight excluding hydrogens is 369 g/mol.